The van der Waals surface area contributed by atoms with Crippen LogP contribution in [0, 0.1) is 18.3 Å². The summed E-state index contributed by atoms with van der Waals surface area (Å²) >= 11 is 5.79. The first-order chi connectivity index (χ1) is 12.0. The molecule has 0 bridgehead atoms. The average Bonchev–Trinajstić information content (AvgIpc) is 2.98. The zero-order valence-corrected chi connectivity index (χ0v) is 15.3. The van der Waals surface area contributed by atoms with Crippen LogP contribution in [0.5, 0.6) is 0 Å². The third-order valence-electron chi connectivity index (χ3n) is 4.14. The second-order valence-electron chi connectivity index (χ2n) is 5.90. The number of rotatable bonds is 5. The van der Waals surface area contributed by atoms with Gasteiger partial charge in [-0.15, -0.1) is 11.6 Å². The predicted molar refractivity (Wildman–Crippen MR) is 99.5 cm³/mol. The summed E-state index contributed by atoms with van der Waals surface area (Å²) in [4.78, 5) is 0.239. The number of nitrogens with zero attached hydrogens (tertiary/aromatic N) is 2. The van der Waals surface area contributed by atoms with Crippen LogP contribution >= 0.6 is 11.6 Å². The van der Waals surface area contributed by atoms with Gasteiger partial charge in [0.15, 0.2) is 0 Å². The van der Waals surface area contributed by atoms with E-state index in [0.29, 0.717) is 23.4 Å². The maximum atomic E-state index is 13.1. The summed E-state index contributed by atoms with van der Waals surface area (Å²) in [5, 5.41) is 9.92. The van der Waals surface area contributed by atoms with Crippen molar-refractivity contribution in [3.8, 4) is 6.07 Å². The van der Waals surface area contributed by atoms with Gasteiger partial charge in [0.25, 0.3) is 10.0 Å². The molecule has 0 aliphatic rings. The number of alkyl halides is 1. The fourth-order valence-electron chi connectivity index (χ4n) is 2.81. The molecule has 0 N–H and O–H groups in total. The van der Waals surface area contributed by atoms with Crippen molar-refractivity contribution in [2.75, 3.05) is 5.88 Å². The molecule has 0 spiro atoms. The maximum absolute atomic E-state index is 13.1. The minimum absolute atomic E-state index is 0.239. The number of benzene rings is 2. The molecule has 25 heavy (non-hydrogen) atoms. The van der Waals surface area contributed by atoms with E-state index in [1.54, 1.807) is 48.7 Å². The zero-order chi connectivity index (χ0) is 18.0. The molecule has 3 aromatic rings. The van der Waals surface area contributed by atoms with Crippen molar-refractivity contribution in [3.05, 3.63) is 65.4 Å². The summed E-state index contributed by atoms with van der Waals surface area (Å²) in [6.07, 6.45) is 3.04. The third-order valence-corrected chi connectivity index (χ3v) is 6.09. The first-order valence-electron chi connectivity index (χ1n) is 7.89. The van der Waals surface area contributed by atoms with Gasteiger partial charge in [-0.1, -0.05) is 17.7 Å². The molecule has 3 rings (SSSR count). The van der Waals surface area contributed by atoms with Crippen LogP contribution in [-0.4, -0.2) is 18.3 Å². The Morgan fingerprint density at radius 2 is 1.88 bits per heavy atom. The van der Waals surface area contributed by atoms with Crippen molar-refractivity contribution < 1.29 is 8.42 Å². The Balaban J connectivity index is 2.22. The smallest absolute Gasteiger partial charge is 0.241 e. The van der Waals surface area contributed by atoms with Crippen molar-refractivity contribution >= 4 is 32.5 Å². The second kappa shape index (κ2) is 6.91. The van der Waals surface area contributed by atoms with Gasteiger partial charge in [0.2, 0.25) is 0 Å². The van der Waals surface area contributed by atoms with Crippen molar-refractivity contribution in [1.82, 2.24) is 3.97 Å². The standard InChI is InChI=1S/C19H17ClN2O2S/c1-14-4-7-17(8-5-14)25(23,24)22-13-16(3-2-10-20)18-11-15(12-21)6-9-19(18)22/h4-9,11,13H,2-3,10H2,1H3. The van der Waals surface area contributed by atoms with E-state index in [9.17, 15) is 8.42 Å². The Hall–Kier alpha value is -2.29. The summed E-state index contributed by atoms with van der Waals surface area (Å²) in [5.74, 6) is 0.495. The molecule has 0 saturated carbocycles. The second-order valence-corrected chi connectivity index (χ2v) is 8.10. The lowest BCUT2D eigenvalue weighted by molar-refractivity contribution is 0.589. The topological polar surface area (TPSA) is 62.9 Å². The monoisotopic (exact) mass is 372 g/mol. The van der Waals surface area contributed by atoms with Crippen LogP contribution in [0.25, 0.3) is 10.9 Å². The fraction of sp³-hybridized carbons (Fsp3) is 0.211. The lowest BCUT2D eigenvalue weighted by Gasteiger charge is -2.08. The Labute approximate surface area is 152 Å². The number of nitriles is 1. The van der Waals surface area contributed by atoms with Crippen LogP contribution in [-0.2, 0) is 16.4 Å². The number of hydrogen-bond donors (Lipinski definition) is 0. The number of aryl methyl sites for hydroxylation is 2. The molecule has 6 heteroatoms. The first kappa shape index (κ1) is 17.5. The maximum Gasteiger partial charge on any atom is 0.268 e. The Bertz CT molecular complexity index is 1060. The molecule has 0 amide bonds. The summed E-state index contributed by atoms with van der Waals surface area (Å²) in [5.41, 5.74) is 2.95. The van der Waals surface area contributed by atoms with Crippen molar-refractivity contribution in [2.24, 2.45) is 0 Å². The summed E-state index contributed by atoms with van der Waals surface area (Å²) in [6, 6.07) is 13.9. The van der Waals surface area contributed by atoms with Crippen LogP contribution in [0.1, 0.15) is 23.1 Å². The molecule has 128 valence electrons. The van der Waals surface area contributed by atoms with Gasteiger partial charge in [-0.25, -0.2) is 12.4 Å². The number of hydrogen-bond acceptors (Lipinski definition) is 3. The highest BCUT2D eigenvalue weighted by molar-refractivity contribution is 7.90. The molecule has 0 aliphatic heterocycles. The van der Waals surface area contributed by atoms with Crippen LogP contribution < -0.4 is 0 Å². The minimum Gasteiger partial charge on any atom is -0.241 e. The Morgan fingerprint density at radius 1 is 1.16 bits per heavy atom. The van der Waals surface area contributed by atoms with Gasteiger partial charge in [0.1, 0.15) is 0 Å². The zero-order valence-electron chi connectivity index (χ0n) is 13.7. The molecular formula is C19H17ClN2O2S. The van der Waals surface area contributed by atoms with Crippen molar-refractivity contribution in [1.29, 1.82) is 5.26 Å². The summed E-state index contributed by atoms with van der Waals surface area (Å²) in [6.45, 7) is 1.91. The molecule has 0 unspecified atom stereocenters. The quantitative estimate of drug-likeness (QED) is 0.629. The molecule has 0 atom stereocenters. The highest BCUT2D eigenvalue weighted by Gasteiger charge is 2.21. The molecule has 1 heterocycles. The van der Waals surface area contributed by atoms with Crippen LogP contribution in [0.15, 0.2) is 53.6 Å². The largest absolute Gasteiger partial charge is 0.268 e. The summed E-state index contributed by atoms with van der Waals surface area (Å²) in [7, 11) is -3.71. The first-order valence-corrected chi connectivity index (χ1v) is 9.87. The van der Waals surface area contributed by atoms with E-state index in [1.807, 2.05) is 6.92 Å². The number of fused-ring (bicyclic) bond motifs is 1. The molecule has 1 aromatic heterocycles. The number of aromatic nitrogens is 1. The average molecular weight is 373 g/mol. The highest BCUT2D eigenvalue weighted by atomic mass is 35.5. The molecule has 0 fully saturated rings. The lowest BCUT2D eigenvalue weighted by Crippen LogP contribution is -2.11. The van der Waals surface area contributed by atoms with E-state index in [2.05, 4.69) is 6.07 Å². The van der Waals surface area contributed by atoms with Crippen LogP contribution in [0.4, 0.5) is 0 Å². The van der Waals surface area contributed by atoms with Gasteiger partial charge in [0, 0.05) is 17.5 Å². The third kappa shape index (κ3) is 3.28. The van der Waals surface area contributed by atoms with Crippen molar-refractivity contribution in [2.45, 2.75) is 24.7 Å². The lowest BCUT2D eigenvalue weighted by atomic mass is 10.1. The van der Waals surface area contributed by atoms with Gasteiger partial charge in [0.05, 0.1) is 22.0 Å². The summed E-state index contributed by atoms with van der Waals surface area (Å²) < 4.78 is 27.4. The molecular weight excluding hydrogens is 356 g/mol. The van der Waals surface area contributed by atoms with E-state index in [-0.39, 0.29) is 4.90 Å². The molecule has 2 aromatic carbocycles. The predicted octanol–water partition coefficient (Wildman–Crippen LogP) is 4.23. The highest BCUT2D eigenvalue weighted by Crippen LogP contribution is 2.28. The van der Waals surface area contributed by atoms with E-state index >= 15 is 0 Å². The van der Waals surface area contributed by atoms with Crippen molar-refractivity contribution in [3.63, 3.8) is 0 Å². The van der Waals surface area contributed by atoms with Gasteiger partial charge in [-0.05, 0) is 55.7 Å². The Kier molecular flexibility index (Phi) is 4.85. The molecule has 0 radical (unpaired) electrons. The minimum atomic E-state index is -3.71. The Morgan fingerprint density at radius 3 is 2.52 bits per heavy atom. The van der Waals surface area contributed by atoms with E-state index < -0.39 is 10.0 Å². The van der Waals surface area contributed by atoms with Crippen LogP contribution in [0.2, 0.25) is 0 Å². The van der Waals surface area contributed by atoms with Gasteiger partial charge >= 0.3 is 0 Å². The fourth-order valence-corrected chi connectivity index (χ4v) is 4.34. The van der Waals surface area contributed by atoms with Crippen LogP contribution in [0.3, 0.4) is 0 Å². The van der Waals surface area contributed by atoms with Gasteiger partial charge in [-0.3, -0.25) is 0 Å². The van der Waals surface area contributed by atoms with Gasteiger partial charge < -0.3 is 0 Å². The van der Waals surface area contributed by atoms with Gasteiger partial charge in [-0.2, -0.15) is 5.26 Å². The normalized spacial score (nSPS) is 11.6. The SMILES string of the molecule is Cc1ccc(S(=O)(=O)n2cc(CCCCl)c3cc(C#N)ccc32)cc1. The van der Waals surface area contributed by atoms with E-state index in [0.717, 1.165) is 22.9 Å². The molecule has 4 nitrogen and oxygen atoms in total. The van der Waals surface area contributed by atoms with E-state index in [1.165, 1.54) is 3.97 Å². The molecule has 0 saturated heterocycles. The van der Waals surface area contributed by atoms with E-state index in [4.69, 9.17) is 16.9 Å². The number of halogens is 1. The molecule has 0 aliphatic carbocycles.